The molecule has 0 aliphatic rings. The highest BCUT2D eigenvalue weighted by Crippen LogP contribution is 2.26. The first-order valence-electron chi connectivity index (χ1n) is 10.8. The average Bonchev–Trinajstić information content (AvgIpc) is 2.76. The number of nitrogens with zero attached hydrogens (tertiary/aromatic N) is 2. The van der Waals surface area contributed by atoms with Gasteiger partial charge in [0.1, 0.15) is 11.4 Å². The number of hydrogen-bond acceptors (Lipinski definition) is 5. The number of anilines is 2. The van der Waals surface area contributed by atoms with Crippen LogP contribution in [-0.2, 0) is 16.6 Å². The molecule has 0 amide bonds. The topological polar surface area (TPSA) is 99.6 Å². The van der Waals surface area contributed by atoms with E-state index < -0.39 is 16.0 Å². The molecule has 0 fully saturated rings. The molecule has 8 heteroatoms. The first kappa shape index (κ1) is 24.3. The quantitative estimate of drug-likeness (QED) is 0.435. The molecule has 1 aromatic heterocycles. The van der Waals surface area contributed by atoms with Gasteiger partial charge < -0.3 is 10.0 Å². The SMILES string of the molecule is CCCCN(Cc1ccccc1)c1ncc(NS(=O)(=O)c2cc(C)cc(C)c2)cc1C(=O)O. The summed E-state index contributed by atoms with van der Waals surface area (Å²) in [5.41, 5.74) is 2.73. The van der Waals surface area contributed by atoms with Crippen molar-refractivity contribution in [2.75, 3.05) is 16.2 Å². The minimum Gasteiger partial charge on any atom is -0.478 e. The van der Waals surface area contributed by atoms with Crippen molar-refractivity contribution in [2.24, 2.45) is 0 Å². The molecule has 0 atom stereocenters. The molecule has 3 aromatic rings. The van der Waals surface area contributed by atoms with Crippen LogP contribution >= 0.6 is 0 Å². The molecule has 0 saturated heterocycles. The molecular formula is C25H29N3O4S. The number of carboxylic acids is 1. The van der Waals surface area contributed by atoms with E-state index in [1.807, 2.05) is 55.1 Å². The summed E-state index contributed by atoms with van der Waals surface area (Å²) in [4.78, 5) is 18.5. The molecule has 7 nitrogen and oxygen atoms in total. The number of carboxylic acid groups (broad SMARTS) is 1. The number of carbonyl (C=O) groups is 1. The lowest BCUT2D eigenvalue weighted by Crippen LogP contribution is -2.27. The van der Waals surface area contributed by atoms with Gasteiger partial charge in [0, 0.05) is 13.1 Å². The van der Waals surface area contributed by atoms with E-state index in [0.717, 1.165) is 29.5 Å². The maximum Gasteiger partial charge on any atom is 0.339 e. The third kappa shape index (κ3) is 6.32. The van der Waals surface area contributed by atoms with Crippen LogP contribution in [0.4, 0.5) is 11.5 Å². The van der Waals surface area contributed by atoms with Crippen LogP contribution < -0.4 is 9.62 Å². The summed E-state index contributed by atoms with van der Waals surface area (Å²) in [5, 5.41) is 9.87. The lowest BCUT2D eigenvalue weighted by atomic mass is 10.1. The Morgan fingerprint density at radius 1 is 1.06 bits per heavy atom. The number of aromatic carboxylic acids is 1. The van der Waals surface area contributed by atoms with Gasteiger partial charge in [0.2, 0.25) is 0 Å². The van der Waals surface area contributed by atoms with Gasteiger partial charge in [0.15, 0.2) is 0 Å². The maximum absolute atomic E-state index is 12.9. The van der Waals surface area contributed by atoms with Crippen LogP contribution in [-0.4, -0.2) is 31.0 Å². The number of benzene rings is 2. The second-order valence-corrected chi connectivity index (χ2v) is 9.77. The predicted octanol–water partition coefficient (Wildman–Crippen LogP) is 5.00. The highest BCUT2D eigenvalue weighted by atomic mass is 32.2. The number of sulfonamides is 1. The van der Waals surface area contributed by atoms with Gasteiger partial charge in [-0.2, -0.15) is 0 Å². The summed E-state index contributed by atoms with van der Waals surface area (Å²) in [6.45, 7) is 6.84. The fourth-order valence-corrected chi connectivity index (χ4v) is 4.86. The van der Waals surface area contributed by atoms with Gasteiger partial charge in [-0.1, -0.05) is 49.7 Å². The van der Waals surface area contributed by atoms with Crippen molar-refractivity contribution < 1.29 is 18.3 Å². The molecule has 1 heterocycles. The Morgan fingerprint density at radius 2 is 1.73 bits per heavy atom. The molecule has 0 aliphatic carbocycles. The largest absolute Gasteiger partial charge is 0.478 e. The Hall–Kier alpha value is -3.39. The van der Waals surface area contributed by atoms with E-state index in [0.29, 0.717) is 18.9 Å². The number of aryl methyl sites for hydroxylation is 2. The lowest BCUT2D eigenvalue weighted by Gasteiger charge is -2.25. The van der Waals surface area contributed by atoms with E-state index in [1.165, 1.54) is 12.3 Å². The van der Waals surface area contributed by atoms with Crippen molar-refractivity contribution in [1.29, 1.82) is 0 Å². The van der Waals surface area contributed by atoms with Crippen molar-refractivity contribution in [3.63, 3.8) is 0 Å². The fraction of sp³-hybridized carbons (Fsp3) is 0.280. The number of unbranched alkanes of at least 4 members (excludes halogenated alkanes) is 1. The summed E-state index contributed by atoms with van der Waals surface area (Å²) in [6.07, 6.45) is 3.18. The molecule has 0 spiro atoms. The van der Waals surface area contributed by atoms with Gasteiger partial charge in [-0.05, 0) is 55.2 Å². The Balaban J connectivity index is 1.95. The van der Waals surface area contributed by atoms with E-state index in [4.69, 9.17) is 0 Å². The van der Waals surface area contributed by atoms with Gasteiger partial charge in [0.25, 0.3) is 10.0 Å². The second-order valence-electron chi connectivity index (χ2n) is 8.09. The van der Waals surface area contributed by atoms with Crippen LogP contribution in [0.25, 0.3) is 0 Å². The van der Waals surface area contributed by atoms with Crippen molar-refractivity contribution in [2.45, 2.75) is 45.1 Å². The molecule has 0 unspecified atom stereocenters. The van der Waals surface area contributed by atoms with Gasteiger partial charge in [-0.3, -0.25) is 4.72 Å². The molecule has 0 aliphatic heterocycles. The van der Waals surface area contributed by atoms with E-state index in [2.05, 4.69) is 16.6 Å². The zero-order valence-electron chi connectivity index (χ0n) is 19.1. The van der Waals surface area contributed by atoms with Gasteiger partial charge in [0.05, 0.1) is 16.8 Å². The Bertz CT molecular complexity index is 1210. The first-order valence-corrected chi connectivity index (χ1v) is 12.3. The third-order valence-electron chi connectivity index (χ3n) is 5.15. The number of hydrogen-bond donors (Lipinski definition) is 2. The normalized spacial score (nSPS) is 11.2. The molecule has 2 N–H and O–H groups in total. The van der Waals surface area contributed by atoms with Crippen LogP contribution in [0.15, 0.2) is 65.7 Å². The minimum atomic E-state index is -3.89. The zero-order chi connectivity index (χ0) is 24.0. The van der Waals surface area contributed by atoms with E-state index in [9.17, 15) is 18.3 Å². The molecule has 0 radical (unpaired) electrons. The molecule has 0 bridgehead atoms. The monoisotopic (exact) mass is 467 g/mol. The zero-order valence-corrected chi connectivity index (χ0v) is 19.9. The maximum atomic E-state index is 12.9. The molecule has 0 saturated carbocycles. The number of aromatic nitrogens is 1. The number of rotatable bonds is 10. The molecule has 2 aromatic carbocycles. The van der Waals surface area contributed by atoms with Crippen molar-refractivity contribution in [3.8, 4) is 0 Å². The highest BCUT2D eigenvalue weighted by Gasteiger charge is 2.21. The van der Waals surface area contributed by atoms with Crippen LogP contribution in [0.3, 0.4) is 0 Å². The second kappa shape index (κ2) is 10.5. The summed E-state index contributed by atoms with van der Waals surface area (Å²) in [5.74, 6) is -0.853. The highest BCUT2D eigenvalue weighted by molar-refractivity contribution is 7.92. The van der Waals surface area contributed by atoms with Crippen LogP contribution in [0, 0.1) is 13.8 Å². The van der Waals surface area contributed by atoms with Crippen LogP contribution in [0.5, 0.6) is 0 Å². The number of nitrogens with one attached hydrogen (secondary N) is 1. The predicted molar refractivity (Wildman–Crippen MR) is 130 cm³/mol. The Kier molecular flexibility index (Phi) is 7.71. The van der Waals surface area contributed by atoms with Crippen molar-refractivity contribution in [1.82, 2.24) is 4.98 Å². The minimum absolute atomic E-state index is 0.0531. The Morgan fingerprint density at radius 3 is 2.33 bits per heavy atom. The van der Waals surface area contributed by atoms with E-state index >= 15 is 0 Å². The smallest absolute Gasteiger partial charge is 0.339 e. The number of pyridine rings is 1. The van der Waals surface area contributed by atoms with E-state index in [-0.39, 0.29) is 16.1 Å². The van der Waals surface area contributed by atoms with Crippen LogP contribution in [0.2, 0.25) is 0 Å². The fourth-order valence-electron chi connectivity index (χ4n) is 3.64. The summed E-state index contributed by atoms with van der Waals surface area (Å²) in [7, 11) is -3.89. The van der Waals surface area contributed by atoms with E-state index in [1.54, 1.807) is 12.1 Å². The summed E-state index contributed by atoms with van der Waals surface area (Å²) < 4.78 is 28.3. The summed E-state index contributed by atoms with van der Waals surface area (Å²) >= 11 is 0. The molecule has 33 heavy (non-hydrogen) atoms. The molecular weight excluding hydrogens is 438 g/mol. The van der Waals surface area contributed by atoms with Crippen molar-refractivity contribution >= 4 is 27.5 Å². The average molecular weight is 468 g/mol. The molecule has 3 rings (SSSR count). The summed E-state index contributed by atoms with van der Waals surface area (Å²) in [6, 6.07) is 16.1. The lowest BCUT2D eigenvalue weighted by molar-refractivity contribution is 0.0697. The van der Waals surface area contributed by atoms with Gasteiger partial charge in [-0.15, -0.1) is 0 Å². The third-order valence-corrected chi connectivity index (χ3v) is 6.51. The standard InChI is InChI=1S/C25H29N3O4S/c1-4-5-11-28(17-20-9-7-6-8-10-20)24-23(25(29)30)15-21(16-26-24)27-33(31,32)22-13-18(2)12-19(3)14-22/h6-10,12-16,27H,4-5,11,17H2,1-3H3,(H,29,30). The van der Waals surface area contributed by atoms with Crippen molar-refractivity contribution in [3.05, 3.63) is 83.0 Å². The Labute approximate surface area is 195 Å². The first-order chi connectivity index (χ1) is 15.7. The molecule has 174 valence electrons. The van der Waals surface area contributed by atoms with Gasteiger partial charge >= 0.3 is 5.97 Å². The van der Waals surface area contributed by atoms with Gasteiger partial charge in [-0.25, -0.2) is 18.2 Å². The van der Waals surface area contributed by atoms with Crippen LogP contribution in [0.1, 0.15) is 46.8 Å².